The summed E-state index contributed by atoms with van der Waals surface area (Å²) in [4.78, 5) is 4.10. The number of rotatable bonds is 3. The van der Waals surface area contributed by atoms with E-state index in [1.807, 2.05) is 27.0 Å². The van der Waals surface area contributed by atoms with Crippen LogP contribution in [0.1, 0.15) is 28.6 Å². The zero-order chi connectivity index (χ0) is 13.3. The lowest BCUT2D eigenvalue weighted by Crippen LogP contribution is -2.05. The van der Waals surface area contributed by atoms with Crippen LogP contribution in [0.4, 0.5) is 0 Å². The molecule has 2 rings (SSSR count). The van der Waals surface area contributed by atoms with Gasteiger partial charge in [0.2, 0.25) is 0 Å². The number of pyridine rings is 1. The van der Waals surface area contributed by atoms with Crippen LogP contribution in [0.2, 0.25) is 0 Å². The minimum atomic E-state index is -0.546. The van der Waals surface area contributed by atoms with Crippen molar-refractivity contribution in [1.29, 1.82) is 0 Å². The number of aromatic nitrogens is 3. The van der Waals surface area contributed by atoms with Crippen molar-refractivity contribution >= 4 is 15.9 Å². The second kappa shape index (κ2) is 5.20. The number of aryl methyl sites for hydroxylation is 2. The van der Waals surface area contributed by atoms with Crippen molar-refractivity contribution in [2.24, 2.45) is 7.05 Å². The van der Waals surface area contributed by atoms with E-state index in [2.05, 4.69) is 26.0 Å². The molecule has 96 valence electrons. The number of aliphatic hydroxyl groups excluding tert-OH is 1. The molecule has 2 aromatic rings. The summed E-state index contributed by atoms with van der Waals surface area (Å²) in [6.07, 6.45) is 3.50. The number of nitrogens with zero attached hydrogens (tertiary/aromatic N) is 3. The number of hydrogen-bond donors (Lipinski definition) is 1. The second-order valence-corrected chi connectivity index (χ2v) is 5.36. The quantitative estimate of drug-likeness (QED) is 0.947. The first-order chi connectivity index (χ1) is 8.49. The Hall–Kier alpha value is -1.20. The molecule has 5 heteroatoms. The third kappa shape index (κ3) is 2.62. The Balaban J connectivity index is 2.24. The molecule has 2 heterocycles. The van der Waals surface area contributed by atoms with Gasteiger partial charge in [-0.25, -0.2) is 0 Å². The molecule has 0 amide bonds. The van der Waals surface area contributed by atoms with Crippen LogP contribution >= 0.6 is 15.9 Å². The average molecular weight is 310 g/mol. The Morgan fingerprint density at radius 1 is 1.39 bits per heavy atom. The predicted octanol–water partition coefficient (Wildman–Crippen LogP) is 2.47. The molecule has 1 atom stereocenters. The van der Waals surface area contributed by atoms with Crippen LogP contribution in [0.25, 0.3) is 0 Å². The molecule has 1 unspecified atom stereocenters. The van der Waals surface area contributed by atoms with Gasteiger partial charge in [0.05, 0.1) is 11.8 Å². The summed E-state index contributed by atoms with van der Waals surface area (Å²) in [5.41, 5.74) is 3.80. The lowest BCUT2D eigenvalue weighted by atomic mass is 10.0. The van der Waals surface area contributed by atoms with Gasteiger partial charge in [-0.3, -0.25) is 9.67 Å². The molecule has 0 bridgehead atoms. The topological polar surface area (TPSA) is 50.9 Å². The number of hydrogen-bond acceptors (Lipinski definition) is 3. The highest BCUT2D eigenvalue weighted by Gasteiger charge is 2.18. The van der Waals surface area contributed by atoms with Crippen LogP contribution in [0, 0.1) is 13.8 Å². The van der Waals surface area contributed by atoms with E-state index < -0.39 is 6.10 Å². The zero-order valence-electron chi connectivity index (χ0n) is 10.7. The molecule has 4 nitrogen and oxygen atoms in total. The Morgan fingerprint density at radius 3 is 2.67 bits per heavy atom. The summed E-state index contributed by atoms with van der Waals surface area (Å²) in [5.74, 6) is 0. The Labute approximate surface area is 115 Å². The molecule has 2 aromatic heterocycles. The Morgan fingerprint density at radius 2 is 2.11 bits per heavy atom. The van der Waals surface area contributed by atoms with Gasteiger partial charge in [-0.05, 0) is 41.4 Å². The minimum Gasteiger partial charge on any atom is -0.388 e. The van der Waals surface area contributed by atoms with Gasteiger partial charge in [0, 0.05) is 41.6 Å². The van der Waals surface area contributed by atoms with Gasteiger partial charge in [-0.2, -0.15) is 5.10 Å². The first kappa shape index (κ1) is 13.2. The van der Waals surface area contributed by atoms with Crippen molar-refractivity contribution in [2.75, 3.05) is 0 Å². The highest BCUT2D eigenvalue weighted by Crippen LogP contribution is 2.24. The van der Waals surface area contributed by atoms with E-state index in [-0.39, 0.29) is 0 Å². The van der Waals surface area contributed by atoms with E-state index in [9.17, 15) is 5.11 Å². The standard InChI is InChI=1S/C13H16BrN3O/c1-8-13(9(2)17(3)16-8)12(18)5-10-4-11(14)7-15-6-10/h4,6-7,12,18H,5H2,1-3H3. The van der Waals surface area contributed by atoms with Crippen LogP contribution in [-0.4, -0.2) is 19.9 Å². The molecule has 0 aromatic carbocycles. The fourth-order valence-corrected chi connectivity index (χ4v) is 2.58. The third-order valence-electron chi connectivity index (χ3n) is 3.09. The fraction of sp³-hybridized carbons (Fsp3) is 0.385. The van der Waals surface area contributed by atoms with Crippen molar-refractivity contribution in [1.82, 2.24) is 14.8 Å². The van der Waals surface area contributed by atoms with Gasteiger partial charge in [0.1, 0.15) is 0 Å². The molecular formula is C13H16BrN3O. The Kier molecular flexibility index (Phi) is 3.82. The molecule has 0 saturated heterocycles. The van der Waals surface area contributed by atoms with Gasteiger partial charge in [0.15, 0.2) is 0 Å². The molecule has 0 saturated carbocycles. The molecule has 1 N–H and O–H groups in total. The number of aliphatic hydroxyl groups is 1. The van der Waals surface area contributed by atoms with Crippen LogP contribution in [0.5, 0.6) is 0 Å². The van der Waals surface area contributed by atoms with Crippen molar-refractivity contribution in [3.63, 3.8) is 0 Å². The minimum absolute atomic E-state index is 0.541. The molecule has 0 spiro atoms. The van der Waals surface area contributed by atoms with E-state index in [4.69, 9.17) is 0 Å². The molecule has 0 fully saturated rings. The van der Waals surface area contributed by atoms with Crippen molar-refractivity contribution in [3.8, 4) is 0 Å². The number of halogens is 1. The maximum absolute atomic E-state index is 10.3. The Bertz CT molecular complexity index is 565. The predicted molar refractivity (Wildman–Crippen MR) is 73.3 cm³/mol. The van der Waals surface area contributed by atoms with E-state index in [1.165, 1.54) is 0 Å². The molecule has 18 heavy (non-hydrogen) atoms. The molecule has 0 aliphatic carbocycles. The summed E-state index contributed by atoms with van der Waals surface area (Å²) in [6, 6.07) is 1.97. The van der Waals surface area contributed by atoms with Crippen molar-refractivity contribution in [3.05, 3.63) is 45.4 Å². The highest BCUT2D eigenvalue weighted by atomic mass is 79.9. The highest BCUT2D eigenvalue weighted by molar-refractivity contribution is 9.10. The lowest BCUT2D eigenvalue weighted by molar-refractivity contribution is 0.177. The maximum Gasteiger partial charge on any atom is 0.0866 e. The van der Waals surface area contributed by atoms with Crippen LogP contribution < -0.4 is 0 Å². The monoisotopic (exact) mass is 309 g/mol. The SMILES string of the molecule is Cc1nn(C)c(C)c1C(O)Cc1cncc(Br)c1. The van der Waals surface area contributed by atoms with E-state index in [0.717, 1.165) is 27.0 Å². The second-order valence-electron chi connectivity index (χ2n) is 4.44. The molecule has 0 aliphatic rings. The lowest BCUT2D eigenvalue weighted by Gasteiger charge is -2.11. The smallest absolute Gasteiger partial charge is 0.0866 e. The van der Waals surface area contributed by atoms with E-state index >= 15 is 0 Å². The summed E-state index contributed by atoms with van der Waals surface area (Å²) >= 11 is 3.38. The molecular weight excluding hydrogens is 294 g/mol. The molecule has 0 aliphatic heterocycles. The molecule has 0 radical (unpaired) electrons. The maximum atomic E-state index is 10.3. The fourth-order valence-electron chi connectivity index (χ4n) is 2.17. The average Bonchev–Trinajstić information content (AvgIpc) is 2.53. The van der Waals surface area contributed by atoms with Gasteiger partial charge in [-0.1, -0.05) is 0 Å². The van der Waals surface area contributed by atoms with E-state index in [1.54, 1.807) is 17.1 Å². The van der Waals surface area contributed by atoms with Crippen molar-refractivity contribution < 1.29 is 5.11 Å². The van der Waals surface area contributed by atoms with Gasteiger partial charge >= 0.3 is 0 Å². The summed E-state index contributed by atoms with van der Waals surface area (Å²) in [5, 5.41) is 14.7. The van der Waals surface area contributed by atoms with Crippen LogP contribution in [-0.2, 0) is 13.5 Å². The van der Waals surface area contributed by atoms with Gasteiger partial charge in [0.25, 0.3) is 0 Å². The van der Waals surface area contributed by atoms with Gasteiger partial charge in [-0.15, -0.1) is 0 Å². The summed E-state index contributed by atoms with van der Waals surface area (Å²) in [7, 11) is 1.89. The summed E-state index contributed by atoms with van der Waals surface area (Å²) in [6.45, 7) is 3.89. The zero-order valence-corrected chi connectivity index (χ0v) is 12.3. The van der Waals surface area contributed by atoms with Gasteiger partial charge < -0.3 is 5.11 Å². The normalized spacial score (nSPS) is 12.7. The van der Waals surface area contributed by atoms with Crippen LogP contribution in [0.3, 0.4) is 0 Å². The van der Waals surface area contributed by atoms with Crippen LogP contribution in [0.15, 0.2) is 22.9 Å². The first-order valence-corrected chi connectivity index (χ1v) is 6.56. The van der Waals surface area contributed by atoms with E-state index in [0.29, 0.717) is 6.42 Å². The third-order valence-corrected chi connectivity index (χ3v) is 3.52. The largest absolute Gasteiger partial charge is 0.388 e. The summed E-state index contributed by atoms with van der Waals surface area (Å²) < 4.78 is 2.72. The van der Waals surface area contributed by atoms with Crippen molar-refractivity contribution in [2.45, 2.75) is 26.4 Å². The first-order valence-electron chi connectivity index (χ1n) is 5.76.